The number of carbonyl (C=O) groups excluding carboxylic acids is 1. The van der Waals surface area contributed by atoms with E-state index in [9.17, 15) is 4.79 Å². The number of nitrogens with zero attached hydrogens (tertiary/aromatic N) is 3. The van der Waals surface area contributed by atoms with Gasteiger partial charge in [-0.15, -0.1) is 0 Å². The van der Waals surface area contributed by atoms with Crippen LogP contribution >= 0.6 is 0 Å². The van der Waals surface area contributed by atoms with Crippen LogP contribution in [0.3, 0.4) is 0 Å². The number of rotatable bonds is 6. The number of hydrogen-bond donors (Lipinski definition) is 2. The summed E-state index contributed by atoms with van der Waals surface area (Å²) < 4.78 is 4.96. The van der Waals surface area contributed by atoms with Crippen LogP contribution in [0.5, 0.6) is 0 Å². The van der Waals surface area contributed by atoms with Gasteiger partial charge in [-0.25, -0.2) is 9.78 Å². The topological polar surface area (TPSA) is 99.9 Å². The molecule has 0 aliphatic rings. The second kappa shape index (κ2) is 8.45. The molecule has 3 aromatic rings. The highest BCUT2D eigenvalue weighted by molar-refractivity contribution is 5.89. The molecule has 0 spiro atoms. The number of hydrogen-bond acceptors (Lipinski definition) is 7. The van der Waals surface area contributed by atoms with E-state index in [0.717, 1.165) is 11.4 Å². The molecule has 2 aromatic carbocycles. The largest absolute Gasteiger partial charge is 0.462 e. The molecule has 0 amide bonds. The van der Waals surface area contributed by atoms with Crippen molar-refractivity contribution in [2.75, 3.05) is 17.2 Å². The number of esters is 1. The lowest BCUT2D eigenvalue weighted by molar-refractivity contribution is 0.0526. The summed E-state index contributed by atoms with van der Waals surface area (Å²) in [6, 6.07) is 17.8. The summed E-state index contributed by atoms with van der Waals surface area (Å²) in [5, 5.41) is 15.1. The van der Waals surface area contributed by atoms with Gasteiger partial charge in [-0.3, -0.25) is 0 Å². The monoisotopic (exact) mass is 359 g/mol. The number of nitrogens with one attached hydrogen (secondary N) is 2. The van der Waals surface area contributed by atoms with E-state index in [4.69, 9.17) is 10.00 Å². The van der Waals surface area contributed by atoms with Gasteiger partial charge in [-0.05, 0) is 61.5 Å². The second-order valence-corrected chi connectivity index (χ2v) is 5.50. The zero-order chi connectivity index (χ0) is 19.1. The fourth-order valence-corrected chi connectivity index (χ4v) is 2.30. The summed E-state index contributed by atoms with van der Waals surface area (Å²) >= 11 is 0. The van der Waals surface area contributed by atoms with Crippen molar-refractivity contribution >= 4 is 29.1 Å². The molecule has 0 atom stereocenters. The van der Waals surface area contributed by atoms with Gasteiger partial charge in [0.1, 0.15) is 5.82 Å². The summed E-state index contributed by atoms with van der Waals surface area (Å²) in [6.07, 6.45) is 1.63. The van der Waals surface area contributed by atoms with Crippen LogP contribution in [0.2, 0.25) is 0 Å². The number of ether oxygens (including phenoxy) is 1. The third-order valence-corrected chi connectivity index (χ3v) is 3.59. The average molecular weight is 359 g/mol. The average Bonchev–Trinajstić information content (AvgIpc) is 2.70. The highest BCUT2D eigenvalue weighted by atomic mass is 16.5. The van der Waals surface area contributed by atoms with Crippen molar-refractivity contribution in [2.24, 2.45) is 0 Å². The Kier molecular flexibility index (Phi) is 5.60. The minimum Gasteiger partial charge on any atom is -0.462 e. The van der Waals surface area contributed by atoms with Crippen LogP contribution < -0.4 is 10.6 Å². The summed E-state index contributed by atoms with van der Waals surface area (Å²) in [5.41, 5.74) is 2.65. The molecule has 0 radical (unpaired) electrons. The second-order valence-electron chi connectivity index (χ2n) is 5.50. The van der Waals surface area contributed by atoms with Gasteiger partial charge in [0.05, 0.1) is 23.8 Å². The Bertz CT molecular complexity index is 963. The van der Waals surface area contributed by atoms with Crippen LogP contribution in [0.1, 0.15) is 22.8 Å². The molecule has 2 N–H and O–H groups in total. The van der Waals surface area contributed by atoms with Gasteiger partial charge in [0.2, 0.25) is 5.95 Å². The van der Waals surface area contributed by atoms with E-state index in [1.54, 1.807) is 55.6 Å². The molecular weight excluding hydrogens is 342 g/mol. The Morgan fingerprint density at radius 3 is 2.37 bits per heavy atom. The van der Waals surface area contributed by atoms with Gasteiger partial charge >= 0.3 is 5.97 Å². The lowest BCUT2D eigenvalue weighted by atomic mass is 10.2. The van der Waals surface area contributed by atoms with Gasteiger partial charge in [0.15, 0.2) is 0 Å². The van der Waals surface area contributed by atoms with Gasteiger partial charge in [0, 0.05) is 17.6 Å². The van der Waals surface area contributed by atoms with Crippen molar-refractivity contribution in [1.29, 1.82) is 5.26 Å². The smallest absolute Gasteiger partial charge is 0.338 e. The normalized spacial score (nSPS) is 9.93. The Morgan fingerprint density at radius 1 is 1.04 bits per heavy atom. The van der Waals surface area contributed by atoms with Crippen LogP contribution in [-0.4, -0.2) is 22.5 Å². The minimum atomic E-state index is -0.353. The first-order valence-corrected chi connectivity index (χ1v) is 8.32. The molecule has 0 unspecified atom stereocenters. The summed E-state index contributed by atoms with van der Waals surface area (Å²) in [6.45, 7) is 2.11. The van der Waals surface area contributed by atoms with Crippen LogP contribution in [0, 0.1) is 11.3 Å². The summed E-state index contributed by atoms with van der Waals surface area (Å²) in [7, 11) is 0. The predicted octanol–water partition coefficient (Wildman–Crippen LogP) is 4.01. The summed E-state index contributed by atoms with van der Waals surface area (Å²) in [4.78, 5) is 20.3. The lowest BCUT2D eigenvalue weighted by Gasteiger charge is -2.09. The third kappa shape index (κ3) is 4.80. The van der Waals surface area contributed by atoms with Gasteiger partial charge in [0.25, 0.3) is 0 Å². The first kappa shape index (κ1) is 17.9. The Labute approximate surface area is 156 Å². The molecule has 7 nitrogen and oxygen atoms in total. The first-order valence-electron chi connectivity index (χ1n) is 8.32. The quantitative estimate of drug-likeness (QED) is 0.641. The van der Waals surface area contributed by atoms with Crippen LogP contribution in [0.4, 0.5) is 23.1 Å². The molecule has 1 aromatic heterocycles. The SMILES string of the molecule is CCOC(=O)c1ccc(Nc2nccc(Nc3ccc(C#N)cc3)n2)cc1. The number of benzene rings is 2. The maximum absolute atomic E-state index is 11.7. The maximum atomic E-state index is 11.7. The van der Waals surface area contributed by atoms with Crippen molar-refractivity contribution < 1.29 is 9.53 Å². The van der Waals surface area contributed by atoms with Crippen LogP contribution in [-0.2, 0) is 4.74 Å². The van der Waals surface area contributed by atoms with E-state index in [1.165, 1.54) is 0 Å². The van der Waals surface area contributed by atoms with Crippen molar-refractivity contribution in [2.45, 2.75) is 6.92 Å². The van der Waals surface area contributed by atoms with Gasteiger partial charge in [-0.2, -0.15) is 10.2 Å². The van der Waals surface area contributed by atoms with Crippen molar-refractivity contribution in [3.63, 3.8) is 0 Å². The third-order valence-electron chi connectivity index (χ3n) is 3.59. The predicted molar refractivity (Wildman–Crippen MR) is 102 cm³/mol. The maximum Gasteiger partial charge on any atom is 0.338 e. The summed E-state index contributed by atoms with van der Waals surface area (Å²) in [5.74, 6) is 0.673. The highest BCUT2D eigenvalue weighted by Crippen LogP contribution is 2.18. The molecule has 1 heterocycles. The number of nitriles is 1. The van der Waals surface area contributed by atoms with E-state index < -0.39 is 0 Å². The van der Waals surface area contributed by atoms with Crippen LogP contribution in [0.25, 0.3) is 0 Å². The number of carbonyl (C=O) groups is 1. The molecular formula is C20H17N5O2. The molecule has 3 rings (SSSR count). The zero-order valence-corrected chi connectivity index (χ0v) is 14.6. The van der Waals surface area contributed by atoms with Gasteiger partial charge in [-0.1, -0.05) is 0 Å². The van der Waals surface area contributed by atoms with Crippen molar-refractivity contribution in [3.8, 4) is 6.07 Å². The molecule has 0 bridgehead atoms. The number of anilines is 4. The van der Waals surface area contributed by atoms with Crippen LogP contribution in [0.15, 0.2) is 60.8 Å². The molecule has 0 saturated carbocycles. The molecule has 0 saturated heterocycles. The lowest BCUT2D eigenvalue weighted by Crippen LogP contribution is -2.04. The molecule has 0 fully saturated rings. The molecule has 27 heavy (non-hydrogen) atoms. The Hall–Kier alpha value is -3.92. The van der Waals surface area contributed by atoms with Gasteiger partial charge < -0.3 is 15.4 Å². The minimum absolute atomic E-state index is 0.339. The van der Waals surface area contributed by atoms with E-state index in [2.05, 4.69) is 26.7 Å². The zero-order valence-electron chi connectivity index (χ0n) is 14.6. The fraction of sp³-hybridized carbons (Fsp3) is 0.100. The van der Waals surface area contributed by atoms with Crippen molar-refractivity contribution in [1.82, 2.24) is 9.97 Å². The molecule has 7 heteroatoms. The standard InChI is InChI=1S/C20H17N5O2/c1-2-27-19(26)15-5-9-17(10-6-15)24-20-22-12-11-18(25-20)23-16-7-3-14(13-21)4-8-16/h3-12H,2H2,1H3,(H2,22,23,24,25). The Morgan fingerprint density at radius 2 is 1.70 bits per heavy atom. The first-order chi connectivity index (χ1) is 13.2. The van der Waals surface area contributed by atoms with E-state index in [0.29, 0.717) is 29.5 Å². The fourth-order valence-electron chi connectivity index (χ4n) is 2.30. The van der Waals surface area contributed by atoms with Crippen molar-refractivity contribution in [3.05, 3.63) is 71.9 Å². The Balaban J connectivity index is 1.68. The highest BCUT2D eigenvalue weighted by Gasteiger charge is 2.06. The van der Waals surface area contributed by atoms with E-state index in [-0.39, 0.29) is 5.97 Å². The van der Waals surface area contributed by atoms with E-state index in [1.807, 2.05) is 12.1 Å². The molecule has 0 aliphatic heterocycles. The molecule has 134 valence electrons. The van der Waals surface area contributed by atoms with E-state index >= 15 is 0 Å². The molecule has 0 aliphatic carbocycles. The number of aromatic nitrogens is 2.